The Kier molecular flexibility index (Phi) is 3.03. The lowest BCUT2D eigenvalue weighted by Crippen LogP contribution is -2.34. The molecule has 1 heterocycles. The summed E-state index contributed by atoms with van der Waals surface area (Å²) in [6.07, 6.45) is 4.89. The number of nitrogens with one attached hydrogen (secondary N) is 1. The summed E-state index contributed by atoms with van der Waals surface area (Å²) in [4.78, 5) is 0.286. The van der Waals surface area contributed by atoms with Gasteiger partial charge in [-0.3, -0.25) is 5.10 Å². The number of H-pyrrole nitrogens is 1. The summed E-state index contributed by atoms with van der Waals surface area (Å²) in [5, 5.41) is 6.41. The van der Waals surface area contributed by atoms with Crippen molar-refractivity contribution in [2.75, 3.05) is 13.6 Å². The van der Waals surface area contributed by atoms with Crippen LogP contribution >= 0.6 is 0 Å². The highest BCUT2D eigenvalue weighted by atomic mass is 32.2. The van der Waals surface area contributed by atoms with Gasteiger partial charge in [-0.2, -0.15) is 5.10 Å². The minimum absolute atomic E-state index is 0.286. The van der Waals surface area contributed by atoms with Crippen LogP contribution in [0, 0.1) is 12.8 Å². The fraction of sp³-hybridized carbons (Fsp3) is 0.700. The van der Waals surface area contributed by atoms with Crippen molar-refractivity contribution >= 4 is 10.0 Å². The average molecular weight is 243 g/mol. The zero-order chi connectivity index (χ0) is 11.8. The second-order valence-corrected chi connectivity index (χ2v) is 6.46. The standard InChI is InChI=1S/C10H17N3O2S/c1-8-10(6-11-12-8)16(14,15)13(2)7-9-4-3-5-9/h6,9H,3-5,7H2,1-2H3,(H,11,12). The summed E-state index contributed by atoms with van der Waals surface area (Å²) >= 11 is 0. The Bertz CT molecular complexity index is 462. The highest BCUT2D eigenvalue weighted by Gasteiger charge is 2.28. The molecule has 0 bridgehead atoms. The van der Waals surface area contributed by atoms with Gasteiger partial charge in [0.25, 0.3) is 0 Å². The van der Waals surface area contributed by atoms with E-state index in [-0.39, 0.29) is 4.90 Å². The predicted molar refractivity (Wildman–Crippen MR) is 60.5 cm³/mol. The molecule has 0 amide bonds. The van der Waals surface area contributed by atoms with Crippen LogP contribution in [0.5, 0.6) is 0 Å². The number of aromatic nitrogens is 2. The number of hydrogen-bond donors (Lipinski definition) is 1. The monoisotopic (exact) mass is 243 g/mol. The SMILES string of the molecule is Cc1[nH]ncc1S(=O)(=O)N(C)CC1CCC1. The molecule has 1 N–H and O–H groups in total. The van der Waals surface area contributed by atoms with Gasteiger partial charge >= 0.3 is 0 Å². The van der Waals surface area contributed by atoms with Crippen molar-refractivity contribution in [3.8, 4) is 0 Å². The highest BCUT2D eigenvalue weighted by molar-refractivity contribution is 7.89. The third-order valence-electron chi connectivity index (χ3n) is 3.21. The van der Waals surface area contributed by atoms with E-state index in [1.54, 1.807) is 14.0 Å². The third-order valence-corrected chi connectivity index (χ3v) is 5.15. The minimum atomic E-state index is -3.36. The first-order valence-corrected chi connectivity index (χ1v) is 6.92. The molecule has 0 atom stereocenters. The van der Waals surface area contributed by atoms with E-state index in [1.807, 2.05) is 0 Å². The Hall–Kier alpha value is -0.880. The number of aromatic amines is 1. The predicted octanol–water partition coefficient (Wildman–Crippen LogP) is 1.14. The number of hydrogen-bond acceptors (Lipinski definition) is 3. The molecule has 1 aliphatic rings. The number of aryl methyl sites for hydroxylation is 1. The second-order valence-electron chi connectivity index (χ2n) is 4.44. The minimum Gasteiger partial charge on any atom is -0.281 e. The molecule has 0 aromatic carbocycles. The molecule has 0 aliphatic heterocycles. The van der Waals surface area contributed by atoms with Crippen LogP contribution in [0.25, 0.3) is 0 Å². The quantitative estimate of drug-likeness (QED) is 0.862. The lowest BCUT2D eigenvalue weighted by atomic mass is 9.86. The van der Waals surface area contributed by atoms with Gasteiger partial charge in [-0.25, -0.2) is 12.7 Å². The van der Waals surface area contributed by atoms with Crippen molar-refractivity contribution in [1.29, 1.82) is 0 Å². The second kappa shape index (κ2) is 4.18. The van der Waals surface area contributed by atoms with Crippen LogP contribution in [0.4, 0.5) is 0 Å². The number of nitrogens with zero attached hydrogens (tertiary/aromatic N) is 2. The molecule has 0 spiro atoms. The molecule has 6 heteroatoms. The Morgan fingerprint density at radius 1 is 1.56 bits per heavy atom. The molecule has 16 heavy (non-hydrogen) atoms. The van der Waals surface area contributed by atoms with Gasteiger partial charge in [0.05, 0.1) is 11.9 Å². The van der Waals surface area contributed by atoms with E-state index in [2.05, 4.69) is 10.2 Å². The summed E-state index contributed by atoms with van der Waals surface area (Å²) in [7, 11) is -1.72. The molecule has 90 valence electrons. The first-order valence-electron chi connectivity index (χ1n) is 5.48. The van der Waals surface area contributed by atoms with E-state index >= 15 is 0 Å². The molecule has 1 aromatic rings. The Morgan fingerprint density at radius 2 is 2.25 bits per heavy atom. The van der Waals surface area contributed by atoms with E-state index in [4.69, 9.17) is 0 Å². The maximum absolute atomic E-state index is 12.2. The molecular formula is C10H17N3O2S. The van der Waals surface area contributed by atoms with Gasteiger partial charge in [0.2, 0.25) is 10.0 Å². The van der Waals surface area contributed by atoms with Crippen LogP contribution in [-0.4, -0.2) is 36.5 Å². The summed E-state index contributed by atoms with van der Waals surface area (Å²) in [5.41, 5.74) is 0.598. The molecular weight excluding hydrogens is 226 g/mol. The van der Waals surface area contributed by atoms with Gasteiger partial charge in [-0.1, -0.05) is 6.42 Å². The normalized spacial score (nSPS) is 17.7. The Morgan fingerprint density at radius 3 is 2.69 bits per heavy atom. The van der Waals surface area contributed by atoms with Gasteiger partial charge in [-0.15, -0.1) is 0 Å². The van der Waals surface area contributed by atoms with Gasteiger partial charge < -0.3 is 0 Å². The molecule has 1 fully saturated rings. The van der Waals surface area contributed by atoms with Crippen molar-refractivity contribution in [2.45, 2.75) is 31.1 Å². The zero-order valence-corrected chi connectivity index (χ0v) is 10.4. The van der Waals surface area contributed by atoms with E-state index in [0.717, 1.165) is 12.8 Å². The molecule has 1 aromatic heterocycles. The fourth-order valence-electron chi connectivity index (χ4n) is 1.90. The van der Waals surface area contributed by atoms with E-state index in [9.17, 15) is 8.42 Å². The molecule has 0 saturated heterocycles. The Balaban J connectivity index is 2.15. The maximum Gasteiger partial charge on any atom is 0.246 e. The fourth-order valence-corrected chi connectivity index (χ4v) is 3.27. The molecule has 5 nitrogen and oxygen atoms in total. The summed E-state index contributed by atoms with van der Waals surface area (Å²) in [6, 6.07) is 0. The van der Waals surface area contributed by atoms with E-state index in [1.165, 1.54) is 16.9 Å². The third kappa shape index (κ3) is 1.99. The van der Waals surface area contributed by atoms with Crippen LogP contribution in [0.1, 0.15) is 25.0 Å². The first-order chi connectivity index (χ1) is 7.51. The van der Waals surface area contributed by atoms with Gasteiger partial charge in [-0.05, 0) is 25.7 Å². The highest BCUT2D eigenvalue weighted by Crippen LogP contribution is 2.28. The topological polar surface area (TPSA) is 66.1 Å². The van der Waals surface area contributed by atoms with Crippen LogP contribution in [0.2, 0.25) is 0 Å². The van der Waals surface area contributed by atoms with E-state index < -0.39 is 10.0 Å². The average Bonchev–Trinajstić information content (AvgIpc) is 2.58. The van der Waals surface area contributed by atoms with Crippen molar-refractivity contribution in [1.82, 2.24) is 14.5 Å². The molecule has 2 rings (SSSR count). The van der Waals surface area contributed by atoms with Crippen LogP contribution in [0.3, 0.4) is 0 Å². The van der Waals surface area contributed by atoms with Crippen molar-refractivity contribution < 1.29 is 8.42 Å². The lowest BCUT2D eigenvalue weighted by molar-refractivity contribution is 0.263. The van der Waals surface area contributed by atoms with Crippen molar-refractivity contribution in [2.24, 2.45) is 5.92 Å². The molecule has 0 radical (unpaired) electrons. The molecule has 0 unspecified atom stereocenters. The van der Waals surface area contributed by atoms with Crippen LogP contribution < -0.4 is 0 Å². The largest absolute Gasteiger partial charge is 0.281 e. The van der Waals surface area contributed by atoms with Gasteiger partial charge in [0.1, 0.15) is 4.90 Å². The Labute approximate surface area is 95.9 Å². The molecule has 1 saturated carbocycles. The maximum atomic E-state index is 12.2. The summed E-state index contributed by atoms with van der Waals surface area (Å²) in [6.45, 7) is 2.34. The lowest BCUT2D eigenvalue weighted by Gasteiger charge is -2.29. The number of sulfonamides is 1. The first kappa shape index (κ1) is 11.6. The van der Waals surface area contributed by atoms with Crippen LogP contribution in [0.15, 0.2) is 11.1 Å². The van der Waals surface area contributed by atoms with Crippen molar-refractivity contribution in [3.05, 3.63) is 11.9 Å². The zero-order valence-electron chi connectivity index (χ0n) is 9.60. The summed E-state index contributed by atoms with van der Waals surface area (Å²) in [5.74, 6) is 0.534. The smallest absolute Gasteiger partial charge is 0.246 e. The van der Waals surface area contributed by atoms with Crippen molar-refractivity contribution in [3.63, 3.8) is 0 Å². The molecule has 1 aliphatic carbocycles. The van der Waals surface area contributed by atoms with Gasteiger partial charge in [0, 0.05) is 13.6 Å². The van der Waals surface area contributed by atoms with Gasteiger partial charge in [0.15, 0.2) is 0 Å². The van der Waals surface area contributed by atoms with E-state index in [0.29, 0.717) is 18.2 Å². The van der Waals surface area contributed by atoms with Crippen LogP contribution in [-0.2, 0) is 10.0 Å². The number of rotatable bonds is 4. The summed E-state index contributed by atoms with van der Waals surface area (Å²) < 4.78 is 25.8.